The van der Waals surface area contributed by atoms with E-state index in [1.807, 2.05) is 0 Å². The molecule has 1 N–H and O–H groups in total. The lowest BCUT2D eigenvalue weighted by atomic mass is 10.0. The number of halogens is 2. The molecule has 0 aliphatic carbocycles. The fourth-order valence-corrected chi connectivity index (χ4v) is 2.24. The quantitative estimate of drug-likeness (QED) is 0.618. The van der Waals surface area contributed by atoms with Crippen LogP contribution in [0.5, 0.6) is 0 Å². The van der Waals surface area contributed by atoms with Gasteiger partial charge in [0, 0.05) is 0 Å². The monoisotopic (exact) mass is 318 g/mol. The van der Waals surface area contributed by atoms with Crippen LogP contribution >= 0.6 is 23.2 Å². The molecule has 6 heteroatoms. The lowest BCUT2D eigenvalue weighted by Crippen LogP contribution is -2.35. The Labute approximate surface area is 129 Å². The number of esters is 1. The average molecular weight is 319 g/mol. The van der Waals surface area contributed by atoms with Crippen molar-refractivity contribution in [2.75, 3.05) is 7.05 Å². The molecule has 4 nitrogen and oxygen atoms in total. The summed E-state index contributed by atoms with van der Waals surface area (Å²) in [6.45, 7) is 4.39. The van der Waals surface area contributed by atoms with Crippen molar-refractivity contribution in [3.05, 3.63) is 28.0 Å². The molecule has 1 aromatic rings. The van der Waals surface area contributed by atoms with Gasteiger partial charge in [-0.25, -0.2) is 4.98 Å². The minimum Gasteiger partial charge on any atom is -0.460 e. The fraction of sp³-hybridized carbons (Fsp3) is 0.571. The van der Waals surface area contributed by atoms with E-state index in [1.54, 1.807) is 19.2 Å². The molecule has 0 aliphatic rings. The van der Waals surface area contributed by atoms with E-state index in [0.29, 0.717) is 5.92 Å². The van der Waals surface area contributed by atoms with E-state index >= 15 is 0 Å². The summed E-state index contributed by atoms with van der Waals surface area (Å²) in [5.74, 6) is 0.286. The first-order valence-corrected chi connectivity index (χ1v) is 7.33. The maximum absolute atomic E-state index is 12.0. The van der Waals surface area contributed by atoms with Gasteiger partial charge in [-0.05, 0) is 43.5 Å². The SMILES string of the molecule is CN[C@@H](CCC(C)C)C(=O)OCc1cc(Cl)nc(Cl)c1. The topological polar surface area (TPSA) is 51.2 Å². The number of hydrogen-bond donors (Lipinski definition) is 1. The van der Waals surface area contributed by atoms with Crippen molar-refractivity contribution < 1.29 is 9.53 Å². The summed E-state index contributed by atoms with van der Waals surface area (Å²) in [6, 6.07) is 2.97. The van der Waals surface area contributed by atoms with Crippen molar-refractivity contribution in [2.45, 2.75) is 39.3 Å². The van der Waals surface area contributed by atoms with Gasteiger partial charge < -0.3 is 10.1 Å². The standard InChI is InChI=1S/C14H20Cl2N2O2/c1-9(2)4-5-11(17-3)14(19)20-8-10-6-12(15)18-13(16)7-10/h6-7,9,11,17H,4-5,8H2,1-3H3/t11-/m0/s1. The van der Waals surface area contributed by atoms with Crippen LogP contribution in [0.3, 0.4) is 0 Å². The third-order valence-electron chi connectivity index (χ3n) is 2.87. The second-order valence-corrected chi connectivity index (χ2v) is 5.82. The summed E-state index contributed by atoms with van der Waals surface area (Å²) < 4.78 is 5.28. The molecule has 0 radical (unpaired) electrons. The Bertz CT molecular complexity index is 433. The molecule has 0 saturated heterocycles. The highest BCUT2D eigenvalue weighted by molar-refractivity contribution is 6.32. The first kappa shape index (κ1) is 17.2. The summed E-state index contributed by atoms with van der Waals surface area (Å²) in [7, 11) is 1.76. The third kappa shape index (κ3) is 6.07. The molecule has 112 valence electrons. The van der Waals surface area contributed by atoms with Gasteiger partial charge in [0.15, 0.2) is 0 Å². The molecule has 0 spiro atoms. The van der Waals surface area contributed by atoms with Crippen LogP contribution in [0.25, 0.3) is 0 Å². The van der Waals surface area contributed by atoms with Gasteiger partial charge >= 0.3 is 5.97 Å². The molecule has 1 rings (SSSR count). The Morgan fingerprint density at radius 2 is 1.90 bits per heavy atom. The van der Waals surface area contributed by atoms with Crippen LogP contribution in [-0.4, -0.2) is 24.0 Å². The van der Waals surface area contributed by atoms with E-state index in [0.717, 1.165) is 18.4 Å². The molecule has 1 heterocycles. The summed E-state index contributed by atoms with van der Waals surface area (Å²) in [6.07, 6.45) is 1.72. The number of pyridine rings is 1. The van der Waals surface area contributed by atoms with Crippen LogP contribution in [0.2, 0.25) is 10.3 Å². The van der Waals surface area contributed by atoms with Crippen molar-refractivity contribution in [3.63, 3.8) is 0 Å². The number of nitrogens with zero attached hydrogens (tertiary/aromatic N) is 1. The predicted octanol–water partition coefficient (Wildman–Crippen LogP) is 3.46. The highest BCUT2D eigenvalue weighted by atomic mass is 35.5. The van der Waals surface area contributed by atoms with Crippen LogP contribution in [0.1, 0.15) is 32.3 Å². The van der Waals surface area contributed by atoms with Crippen molar-refractivity contribution >= 4 is 29.2 Å². The van der Waals surface area contributed by atoms with Gasteiger partial charge in [0.25, 0.3) is 0 Å². The van der Waals surface area contributed by atoms with Gasteiger partial charge in [0.05, 0.1) is 0 Å². The van der Waals surface area contributed by atoms with Crippen LogP contribution in [0.4, 0.5) is 0 Å². The van der Waals surface area contributed by atoms with Crippen LogP contribution in [-0.2, 0) is 16.1 Å². The smallest absolute Gasteiger partial charge is 0.323 e. The zero-order valence-corrected chi connectivity index (χ0v) is 13.5. The Morgan fingerprint density at radius 3 is 2.40 bits per heavy atom. The predicted molar refractivity (Wildman–Crippen MR) is 81.0 cm³/mol. The number of aromatic nitrogens is 1. The zero-order chi connectivity index (χ0) is 15.1. The minimum atomic E-state index is -0.287. The molecular formula is C14H20Cl2N2O2. The molecule has 0 amide bonds. The summed E-state index contributed by atoms with van der Waals surface area (Å²) >= 11 is 11.6. The van der Waals surface area contributed by atoms with E-state index < -0.39 is 0 Å². The molecule has 0 unspecified atom stereocenters. The number of likely N-dealkylation sites (N-methyl/N-ethyl adjacent to an activating group) is 1. The highest BCUT2D eigenvalue weighted by Crippen LogP contribution is 2.16. The van der Waals surface area contributed by atoms with Crippen molar-refractivity contribution in [1.82, 2.24) is 10.3 Å². The summed E-state index contributed by atoms with van der Waals surface area (Å²) in [4.78, 5) is 15.8. The fourth-order valence-electron chi connectivity index (χ4n) is 1.73. The highest BCUT2D eigenvalue weighted by Gasteiger charge is 2.18. The molecule has 1 aromatic heterocycles. The van der Waals surface area contributed by atoms with Gasteiger partial charge in [-0.3, -0.25) is 4.79 Å². The number of carbonyl (C=O) groups excluding carboxylic acids is 1. The lowest BCUT2D eigenvalue weighted by molar-refractivity contribution is -0.147. The average Bonchev–Trinajstić information content (AvgIpc) is 2.35. The van der Waals surface area contributed by atoms with Gasteiger partial charge in [0.2, 0.25) is 0 Å². The zero-order valence-electron chi connectivity index (χ0n) is 12.0. The number of nitrogens with one attached hydrogen (secondary N) is 1. The number of carbonyl (C=O) groups is 1. The van der Waals surface area contributed by atoms with E-state index in [1.165, 1.54) is 0 Å². The van der Waals surface area contributed by atoms with Crippen molar-refractivity contribution in [2.24, 2.45) is 5.92 Å². The number of rotatable bonds is 7. The normalized spacial score (nSPS) is 12.5. The maximum atomic E-state index is 12.0. The first-order chi connectivity index (χ1) is 9.42. The Kier molecular flexibility index (Phi) is 7.27. The molecule has 0 saturated carbocycles. The molecule has 20 heavy (non-hydrogen) atoms. The van der Waals surface area contributed by atoms with Gasteiger partial charge in [-0.15, -0.1) is 0 Å². The largest absolute Gasteiger partial charge is 0.460 e. The first-order valence-electron chi connectivity index (χ1n) is 6.58. The van der Waals surface area contributed by atoms with Gasteiger partial charge in [-0.1, -0.05) is 37.0 Å². The van der Waals surface area contributed by atoms with Gasteiger partial charge in [-0.2, -0.15) is 0 Å². The van der Waals surface area contributed by atoms with E-state index in [-0.39, 0.29) is 28.9 Å². The van der Waals surface area contributed by atoms with E-state index in [2.05, 4.69) is 24.1 Å². The van der Waals surface area contributed by atoms with Crippen molar-refractivity contribution in [3.8, 4) is 0 Å². The molecule has 0 aromatic carbocycles. The second-order valence-electron chi connectivity index (χ2n) is 5.04. The maximum Gasteiger partial charge on any atom is 0.323 e. The molecule has 0 fully saturated rings. The van der Waals surface area contributed by atoms with Crippen molar-refractivity contribution in [1.29, 1.82) is 0 Å². The van der Waals surface area contributed by atoms with Crippen LogP contribution in [0.15, 0.2) is 12.1 Å². The third-order valence-corrected chi connectivity index (χ3v) is 3.26. The number of hydrogen-bond acceptors (Lipinski definition) is 4. The summed E-state index contributed by atoms with van der Waals surface area (Å²) in [5, 5.41) is 3.55. The molecular weight excluding hydrogens is 299 g/mol. The summed E-state index contributed by atoms with van der Waals surface area (Å²) in [5.41, 5.74) is 0.724. The minimum absolute atomic E-state index is 0.140. The number of ether oxygens (including phenoxy) is 1. The Hall–Kier alpha value is -0.840. The Balaban J connectivity index is 2.52. The van der Waals surface area contributed by atoms with Crippen LogP contribution in [0, 0.1) is 5.92 Å². The molecule has 0 bridgehead atoms. The molecule has 0 aliphatic heterocycles. The second kappa shape index (κ2) is 8.45. The Morgan fingerprint density at radius 1 is 1.30 bits per heavy atom. The lowest BCUT2D eigenvalue weighted by Gasteiger charge is -2.16. The van der Waals surface area contributed by atoms with E-state index in [9.17, 15) is 4.79 Å². The molecule has 1 atom stereocenters. The van der Waals surface area contributed by atoms with Crippen LogP contribution < -0.4 is 5.32 Å². The van der Waals surface area contributed by atoms with E-state index in [4.69, 9.17) is 27.9 Å². The van der Waals surface area contributed by atoms with Gasteiger partial charge in [0.1, 0.15) is 23.0 Å².